The third-order valence-electron chi connectivity index (χ3n) is 3.81. The summed E-state index contributed by atoms with van der Waals surface area (Å²) in [6.45, 7) is 5.68. The average molecular weight is 361 g/mol. The largest absolute Gasteiger partial charge is 0.353 e. The van der Waals surface area contributed by atoms with Crippen molar-refractivity contribution in [2.24, 2.45) is 13.0 Å². The lowest BCUT2D eigenvalue weighted by Crippen LogP contribution is -2.36. The number of nitrogens with one attached hydrogen (secondary N) is 1. The van der Waals surface area contributed by atoms with E-state index in [2.05, 4.69) is 15.5 Å². The van der Waals surface area contributed by atoms with E-state index >= 15 is 0 Å². The van der Waals surface area contributed by atoms with Gasteiger partial charge in [-0.05, 0) is 33.1 Å². The molecule has 1 fully saturated rings. The number of carbonyl (C=O) groups excluding carboxylic acids is 1. The van der Waals surface area contributed by atoms with E-state index in [1.54, 1.807) is 0 Å². The van der Waals surface area contributed by atoms with Crippen molar-refractivity contribution in [2.45, 2.75) is 50.1 Å². The van der Waals surface area contributed by atoms with Crippen molar-refractivity contribution in [1.82, 2.24) is 20.1 Å². The van der Waals surface area contributed by atoms with Crippen LogP contribution in [0.3, 0.4) is 0 Å². The summed E-state index contributed by atoms with van der Waals surface area (Å²) in [4.78, 5) is 12.0. The maximum atomic E-state index is 12.0. The summed E-state index contributed by atoms with van der Waals surface area (Å²) < 4.78 is 24.9. The zero-order valence-corrected chi connectivity index (χ0v) is 15.6. The van der Waals surface area contributed by atoms with E-state index in [1.165, 1.54) is 11.8 Å². The van der Waals surface area contributed by atoms with Gasteiger partial charge in [0.2, 0.25) is 5.91 Å². The van der Waals surface area contributed by atoms with E-state index in [4.69, 9.17) is 0 Å². The molecule has 9 heteroatoms. The first kappa shape index (κ1) is 18.3. The van der Waals surface area contributed by atoms with Crippen molar-refractivity contribution in [3.8, 4) is 0 Å². The zero-order chi connectivity index (χ0) is 17.2. The molecule has 1 aromatic heterocycles. The molecule has 0 spiro atoms. The summed E-state index contributed by atoms with van der Waals surface area (Å²) in [5.41, 5.74) is 0. The predicted octanol–water partition coefficient (Wildman–Crippen LogP) is 0.797. The highest BCUT2D eigenvalue weighted by Crippen LogP contribution is 2.25. The molecule has 0 saturated carbocycles. The summed E-state index contributed by atoms with van der Waals surface area (Å²) in [7, 11) is -1.02. The Kier molecular flexibility index (Phi) is 5.72. The summed E-state index contributed by atoms with van der Waals surface area (Å²) in [6, 6.07) is 0.102. The highest BCUT2D eigenvalue weighted by atomic mass is 32.2. The van der Waals surface area contributed by atoms with Crippen LogP contribution >= 0.6 is 11.8 Å². The summed E-state index contributed by atoms with van der Waals surface area (Å²) in [5, 5.41) is 11.6. The van der Waals surface area contributed by atoms with Crippen molar-refractivity contribution in [3.05, 3.63) is 5.82 Å². The highest BCUT2D eigenvalue weighted by molar-refractivity contribution is 8.00. The van der Waals surface area contributed by atoms with Gasteiger partial charge in [-0.3, -0.25) is 4.79 Å². The van der Waals surface area contributed by atoms with Crippen LogP contribution in [0.15, 0.2) is 5.16 Å². The molecule has 23 heavy (non-hydrogen) atoms. The third kappa shape index (κ3) is 4.94. The Balaban J connectivity index is 1.98. The number of hydrogen-bond acceptors (Lipinski definition) is 6. The van der Waals surface area contributed by atoms with Gasteiger partial charge in [-0.15, -0.1) is 10.2 Å². The van der Waals surface area contributed by atoms with E-state index in [9.17, 15) is 13.2 Å². The van der Waals surface area contributed by atoms with Crippen LogP contribution in [0.5, 0.6) is 0 Å². The molecule has 2 atom stereocenters. The molecule has 7 nitrogen and oxygen atoms in total. The van der Waals surface area contributed by atoms with Crippen molar-refractivity contribution >= 4 is 27.5 Å². The van der Waals surface area contributed by atoms with Crippen LogP contribution in [0, 0.1) is 5.92 Å². The second kappa shape index (κ2) is 7.21. The quantitative estimate of drug-likeness (QED) is 0.754. The number of sulfone groups is 1. The fraction of sp³-hybridized carbons (Fsp3) is 0.786. The molecule has 0 aliphatic carbocycles. The Morgan fingerprint density at radius 1 is 1.39 bits per heavy atom. The van der Waals surface area contributed by atoms with Crippen LogP contribution in [-0.2, 0) is 28.1 Å². The first-order valence-corrected chi connectivity index (χ1v) is 10.4. The average Bonchev–Trinajstić information content (AvgIpc) is 2.94. The molecule has 0 unspecified atom stereocenters. The molecule has 1 aliphatic heterocycles. The van der Waals surface area contributed by atoms with Gasteiger partial charge in [0.15, 0.2) is 15.0 Å². The van der Waals surface area contributed by atoms with Gasteiger partial charge in [0.1, 0.15) is 5.82 Å². The molecule has 1 N–H and O–H groups in total. The van der Waals surface area contributed by atoms with Gasteiger partial charge < -0.3 is 9.88 Å². The van der Waals surface area contributed by atoms with Gasteiger partial charge in [0, 0.05) is 19.5 Å². The molecule has 2 heterocycles. The van der Waals surface area contributed by atoms with Gasteiger partial charge in [-0.2, -0.15) is 0 Å². The van der Waals surface area contributed by atoms with Gasteiger partial charge in [-0.1, -0.05) is 11.8 Å². The Labute approximate surface area is 141 Å². The van der Waals surface area contributed by atoms with Crippen LogP contribution in [0.25, 0.3) is 0 Å². The topological polar surface area (TPSA) is 94.0 Å². The predicted molar refractivity (Wildman–Crippen MR) is 90.1 cm³/mol. The Morgan fingerprint density at radius 3 is 2.65 bits per heavy atom. The van der Waals surface area contributed by atoms with E-state index in [-0.39, 0.29) is 34.6 Å². The summed E-state index contributed by atoms with van der Waals surface area (Å²) in [5.74, 6) is 1.35. The minimum absolute atomic E-state index is 0.0311. The molecular formula is C14H24N4O3S2. The van der Waals surface area contributed by atoms with Gasteiger partial charge >= 0.3 is 0 Å². The zero-order valence-electron chi connectivity index (χ0n) is 13.9. The van der Waals surface area contributed by atoms with Gasteiger partial charge in [0.25, 0.3) is 0 Å². The lowest BCUT2D eigenvalue weighted by molar-refractivity contribution is -0.120. The minimum atomic E-state index is -2.88. The molecule has 1 aliphatic rings. The number of aromatic nitrogens is 3. The molecular weight excluding hydrogens is 336 g/mol. The van der Waals surface area contributed by atoms with E-state index in [1.807, 2.05) is 32.4 Å². The fourth-order valence-electron chi connectivity index (χ4n) is 2.53. The second-order valence-electron chi connectivity index (χ2n) is 6.35. The minimum Gasteiger partial charge on any atom is -0.353 e. The first-order chi connectivity index (χ1) is 10.7. The Bertz CT molecular complexity index is 670. The van der Waals surface area contributed by atoms with Crippen LogP contribution < -0.4 is 5.32 Å². The highest BCUT2D eigenvalue weighted by Gasteiger charge is 2.29. The van der Waals surface area contributed by atoms with Crippen LogP contribution in [-0.4, -0.2) is 51.9 Å². The first-order valence-electron chi connectivity index (χ1n) is 7.73. The van der Waals surface area contributed by atoms with E-state index < -0.39 is 9.84 Å². The summed E-state index contributed by atoms with van der Waals surface area (Å²) >= 11 is 1.36. The van der Waals surface area contributed by atoms with E-state index in [0.717, 1.165) is 5.82 Å². The smallest absolute Gasteiger partial charge is 0.233 e. The van der Waals surface area contributed by atoms with Crippen LogP contribution in [0.4, 0.5) is 0 Å². The molecule has 1 saturated heterocycles. The number of hydrogen-bond donors (Lipinski definition) is 1. The number of amides is 1. The van der Waals surface area contributed by atoms with E-state index in [0.29, 0.717) is 18.0 Å². The number of nitrogens with zero attached hydrogens (tertiary/aromatic N) is 3. The molecule has 0 radical (unpaired) electrons. The lowest BCUT2D eigenvalue weighted by Gasteiger charge is -2.14. The third-order valence-corrected chi connectivity index (χ3v) is 6.78. The Morgan fingerprint density at radius 2 is 2.09 bits per heavy atom. The molecule has 2 rings (SSSR count). The Hall–Kier alpha value is -1.09. The van der Waals surface area contributed by atoms with Crippen LogP contribution in [0.2, 0.25) is 0 Å². The van der Waals surface area contributed by atoms with Crippen molar-refractivity contribution in [3.63, 3.8) is 0 Å². The second-order valence-corrected chi connectivity index (χ2v) is 9.89. The summed E-state index contributed by atoms with van der Waals surface area (Å²) in [6.07, 6.45) is 1.29. The van der Waals surface area contributed by atoms with Crippen LogP contribution in [0.1, 0.15) is 33.0 Å². The maximum absolute atomic E-state index is 12.0. The fourth-order valence-corrected chi connectivity index (χ4v) is 5.23. The molecule has 130 valence electrons. The number of rotatable bonds is 6. The molecule has 1 amide bonds. The van der Waals surface area contributed by atoms with Gasteiger partial charge in [-0.25, -0.2) is 8.42 Å². The SMILES string of the molecule is CC(C)NC(=O)[C@H](C)Sc1nnc(C[C@@H]2CCS(=O)(=O)C2)n1C. The monoisotopic (exact) mass is 360 g/mol. The normalized spacial score (nSPS) is 21.5. The molecule has 1 aromatic rings. The van der Waals surface area contributed by atoms with Crippen molar-refractivity contribution in [2.75, 3.05) is 11.5 Å². The lowest BCUT2D eigenvalue weighted by atomic mass is 10.1. The molecule has 0 bridgehead atoms. The van der Waals surface area contributed by atoms with Crippen molar-refractivity contribution in [1.29, 1.82) is 0 Å². The number of carbonyl (C=O) groups is 1. The van der Waals surface area contributed by atoms with Crippen molar-refractivity contribution < 1.29 is 13.2 Å². The number of thioether (sulfide) groups is 1. The van der Waals surface area contributed by atoms with Gasteiger partial charge in [0.05, 0.1) is 16.8 Å². The maximum Gasteiger partial charge on any atom is 0.233 e. The molecule has 0 aromatic carbocycles. The standard InChI is InChI=1S/C14H24N4O3S2/c1-9(2)15-13(19)10(3)22-14-17-16-12(18(14)4)7-11-5-6-23(20,21)8-11/h9-11H,5-8H2,1-4H3,(H,15,19)/t10-,11-/m0/s1.